The maximum atomic E-state index is 12.5. The molecule has 0 saturated carbocycles. The number of carbonyl (C=O) groups is 1. The summed E-state index contributed by atoms with van der Waals surface area (Å²) in [5, 5.41) is 15.6. The Morgan fingerprint density at radius 1 is 1.30 bits per heavy atom. The zero-order valence-corrected chi connectivity index (χ0v) is 15.6. The summed E-state index contributed by atoms with van der Waals surface area (Å²) in [6.07, 6.45) is 1.21. The quantitative estimate of drug-likeness (QED) is 0.548. The number of hydrogen-bond acceptors (Lipinski definition) is 6. The Kier molecular flexibility index (Phi) is 5.92. The summed E-state index contributed by atoms with van der Waals surface area (Å²) in [5.74, 6) is -0.232. The molecule has 2 aromatic rings. The first-order valence-electron chi connectivity index (χ1n) is 8.47. The van der Waals surface area contributed by atoms with Crippen LogP contribution in [-0.4, -0.2) is 63.7 Å². The molecular weight excluding hydrogens is 374 g/mol. The average molecular weight is 394 g/mol. The molecular formula is C17H20ClN5O4. The highest BCUT2D eigenvalue weighted by atomic mass is 35.5. The van der Waals surface area contributed by atoms with Gasteiger partial charge in [0.05, 0.1) is 12.0 Å². The minimum absolute atomic E-state index is 0.0608. The Labute approximate surface area is 161 Å². The van der Waals surface area contributed by atoms with E-state index in [4.69, 9.17) is 16.3 Å². The van der Waals surface area contributed by atoms with E-state index in [9.17, 15) is 14.9 Å². The van der Waals surface area contributed by atoms with Gasteiger partial charge in [-0.15, -0.1) is 5.10 Å². The highest BCUT2D eigenvalue weighted by molar-refractivity contribution is 6.31. The number of ether oxygens (including phenoxy) is 1. The zero-order valence-electron chi connectivity index (χ0n) is 14.9. The zero-order chi connectivity index (χ0) is 19.4. The molecule has 144 valence electrons. The summed E-state index contributed by atoms with van der Waals surface area (Å²) < 4.78 is 6.12. The van der Waals surface area contributed by atoms with Crippen molar-refractivity contribution < 1.29 is 14.5 Å². The summed E-state index contributed by atoms with van der Waals surface area (Å²) in [6, 6.07) is 7.72. The van der Waals surface area contributed by atoms with Crippen LogP contribution in [0.2, 0.25) is 5.02 Å². The first-order valence-corrected chi connectivity index (χ1v) is 8.85. The Morgan fingerprint density at radius 3 is 2.59 bits per heavy atom. The van der Waals surface area contributed by atoms with Gasteiger partial charge >= 0.3 is 11.6 Å². The molecule has 0 spiro atoms. The number of benzene rings is 1. The van der Waals surface area contributed by atoms with Gasteiger partial charge in [0.2, 0.25) is 5.91 Å². The Hall–Kier alpha value is -2.65. The van der Waals surface area contributed by atoms with Crippen LogP contribution in [0.4, 0.5) is 5.69 Å². The Bertz CT molecular complexity index is 832. The molecule has 1 aliphatic heterocycles. The van der Waals surface area contributed by atoms with Crippen molar-refractivity contribution >= 4 is 23.2 Å². The van der Waals surface area contributed by atoms with Gasteiger partial charge in [0.15, 0.2) is 0 Å². The first kappa shape index (κ1) is 19.1. The van der Waals surface area contributed by atoms with Crippen molar-refractivity contribution in [2.75, 3.05) is 33.3 Å². The minimum Gasteiger partial charge on any atom is -0.475 e. The monoisotopic (exact) mass is 393 g/mol. The maximum absolute atomic E-state index is 12.5. The standard InChI is InChI=1S/C17H20ClN5O4/c1-27-17-15(23(25)26)11-22(19-17)12-16(24)21-8-6-20(7-9-21)10-13-4-2-3-5-14(13)18/h2-5,11H,6-10,12H2,1H3. The predicted molar refractivity (Wildman–Crippen MR) is 98.7 cm³/mol. The largest absolute Gasteiger partial charge is 0.475 e. The van der Waals surface area contributed by atoms with Crippen molar-refractivity contribution in [3.63, 3.8) is 0 Å². The predicted octanol–water partition coefficient (Wildman–Crippen LogP) is 1.80. The lowest BCUT2D eigenvalue weighted by Gasteiger charge is -2.34. The van der Waals surface area contributed by atoms with Gasteiger partial charge in [-0.25, -0.2) is 0 Å². The van der Waals surface area contributed by atoms with Crippen LogP contribution in [0.3, 0.4) is 0 Å². The molecule has 0 atom stereocenters. The van der Waals surface area contributed by atoms with Gasteiger partial charge in [0, 0.05) is 37.7 Å². The molecule has 1 aromatic carbocycles. The van der Waals surface area contributed by atoms with Crippen LogP contribution < -0.4 is 4.74 Å². The van der Waals surface area contributed by atoms with E-state index in [2.05, 4.69) is 10.00 Å². The third-order valence-corrected chi connectivity index (χ3v) is 4.84. The third-order valence-electron chi connectivity index (χ3n) is 4.47. The number of aromatic nitrogens is 2. The average Bonchev–Trinajstić information content (AvgIpc) is 3.07. The smallest absolute Gasteiger partial charge is 0.350 e. The molecule has 1 amide bonds. The molecule has 10 heteroatoms. The SMILES string of the molecule is COc1nn(CC(=O)N2CCN(Cc3ccccc3Cl)CC2)cc1[N+](=O)[O-]. The van der Waals surface area contributed by atoms with Gasteiger partial charge in [-0.2, -0.15) is 0 Å². The molecule has 0 unspecified atom stereocenters. The lowest BCUT2D eigenvalue weighted by Crippen LogP contribution is -2.49. The molecule has 0 aliphatic carbocycles. The first-order chi connectivity index (χ1) is 13.0. The summed E-state index contributed by atoms with van der Waals surface area (Å²) in [5.41, 5.74) is 0.810. The van der Waals surface area contributed by atoms with Gasteiger partial charge in [0.25, 0.3) is 0 Å². The number of hydrogen-bond donors (Lipinski definition) is 0. The van der Waals surface area contributed by atoms with Crippen molar-refractivity contribution in [3.05, 3.63) is 51.2 Å². The van der Waals surface area contributed by atoms with Crippen molar-refractivity contribution in [1.29, 1.82) is 0 Å². The highest BCUT2D eigenvalue weighted by Crippen LogP contribution is 2.24. The molecule has 1 aliphatic rings. The second-order valence-electron chi connectivity index (χ2n) is 6.23. The van der Waals surface area contributed by atoms with Crippen LogP contribution in [0.15, 0.2) is 30.5 Å². The molecule has 0 N–H and O–H groups in total. The second kappa shape index (κ2) is 8.36. The number of methoxy groups -OCH3 is 1. The number of piperazine rings is 1. The van der Waals surface area contributed by atoms with Crippen LogP contribution in [-0.2, 0) is 17.9 Å². The van der Waals surface area contributed by atoms with E-state index in [-0.39, 0.29) is 24.0 Å². The molecule has 2 heterocycles. The number of halogens is 1. The van der Waals surface area contributed by atoms with Crippen molar-refractivity contribution in [2.24, 2.45) is 0 Å². The van der Waals surface area contributed by atoms with Gasteiger partial charge in [-0.3, -0.25) is 24.5 Å². The van der Waals surface area contributed by atoms with E-state index in [1.165, 1.54) is 18.0 Å². The van der Waals surface area contributed by atoms with Gasteiger partial charge in [-0.05, 0) is 11.6 Å². The van der Waals surface area contributed by atoms with Gasteiger partial charge in [-0.1, -0.05) is 29.8 Å². The molecule has 1 saturated heterocycles. The van der Waals surface area contributed by atoms with Crippen molar-refractivity contribution in [1.82, 2.24) is 19.6 Å². The van der Waals surface area contributed by atoms with E-state index in [1.807, 2.05) is 24.3 Å². The van der Waals surface area contributed by atoms with E-state index in [1.54, 1.807) is 4.90 Å². The normalized spacial score (nSPS) is 15.0. The summed E-state index contributed by atoms with van der Waals surface area (Å²) in [4.78, 5) is 26.8. The topological polar surface area (TPSA) is 93.7 Å². The number of nitro groups is 1. The third kappa shape index (κ3) is 4.55. The van der Waals surface area contributed by atoms with Crippen molar-refractivity contribution in [2.45, 2.75) is 13.1 Å². The highest BCUT2D eigenvalue weighted by Gasteiger charge is 2.25. The van der Waals surface area contributed by atoms with Gasteiger partial charge < -0.3 is 9.64 Å². The minimum atomic E-state index is -0.583. The molecule has 0 radical (unpaired) electrons. The number of amides is 1. The van der Waals surface area contributed by atoms with E-state index >= 15 is 0 Å². The summed E-state index contributed by atoms with van der Waals surface area (Å²) >= 11 is 6.20. The van der Waals surface area contributed by atoms with E-state index in [0.29, 0.717) is 13.1 Å². The second-order valence-corrected chi connectivity index (χ2v) is 6.63. The summed E-state index contributed by atoms with van der Waals surface area (Å²) in [6.45, 7) is 3.33. The molecule has 27 heavy (non-hydrogen) atoms. The van der Waals surface area contributed by atoms with E-state index in [0.717, 1.165) is 30.2 Å². The van der Waals surface area contributed by atoms with Crippen LogP contribution >= 0.6 is 11.6 Å². The molecule has 1 fully saturated rings. The number of rotatable bonds is 6. The fraction of sp³-hybridized carbons (Fsp3) is 0.412. The molecule has 3 rings (SSSR count). The van der Waals surface area contributed by atoms with Crippen LogP contribution in [0.1, 0.15) is 5.56 Å². The maximum Gasteiger partial charge on any atom is 0.350 e. The Morgan fingerprint density at radius 2 is 2.00 bits per heavy atom. The van der Waals surface area contributed by atoms with Crippen LogP contribution in [0, 0.1) is 10.1 Å². The Balaban J connectivity index is 1.54. The fourth-order valence-corrected chi connectivity index (χ4v) is 3.20. The molecule has 9 nitrogen and oxygen atoms in total. The summed E-state index contributed by atoms with van der Waals surface area (Å²) in [7, 11) is 1.31. The fourth-order valence-electron chi connectivity index (χ4n) is 3.01. The number of carbonyl (C=O) groups excluding carboxylic acids is 1. The molecule has 1 aromatic heterocycles. The van der Waals surface area contributed by atoms with E-state index < -0.39 is 4.92 Å². The van der Waals surface area contributed by atoms with Crippen LogP contribution in [0.5, 0.6) is 5.88 Å². The van der Waals surface area contributed by atoms with Crippen LogP contribution in [0.25, 0.3) is 0 Å². The lowest BCUT2D eigenvalue weighted by atomic mass is 10.2. The van der Waals surface area contributed by atoms with Gasteiger partial charge in [0.1, 0.15) is 12.7 Å². The lowest BCUT2D eigenvalue weighted by molar-refractivity contribution is -0.385. The number of nitrogens with zero attached hydrogens (tertiary/aromatic N) is 5. The molecule has 0 bridgehead atoms. The van der Waals surface area contributed by atoms with Crippen molar-refractivity contribution in [3.8, 4) is 5.88 Å².